The molecule has 2 rings (SSSR count). The molecule has 0 atom stereocenters. The SMILES string of the molecule is COc1ccccc1CCC(=O)NCCc1cc(C)[nH]c1C. The minimum atomic E-state index is 0.0795. The fraction of sp³-hybridized carbons (Fsp3) is 0.389. The van der Waals surface area contributed by atoms with Crippen molar-refractivity contribution in [2.75, 3.05) is 13.7 Å². The van der Waals surface area contributed by atoms with Gasteiger partial charge in [-0.15, -0.1) is 0 Å². The summed E-state index contributed by atoms with van der Waals surface area (Å²) in [6.07, 6.45) is 2.03. The Bertz CT molecular complexity index is 632. The maximum Gasteiger partial charge on any atom is 0.220 e. The number of para-hydroxylation sites is 1. The molecule has 0 spiro atoms. The Morgan fingerprint density at radius 3 is 2.64 bits per heavy atom. The highest BCUT2D eigenvalue weighted by Crippen LogP contribution is 2.18. The van der Waals surface area contributed by atoms with Crippen molar-refractivity contribution in [1.29, 1.82) is 0 Å². The second-order valence-electron chi connectivity index (χ2n) is 5.51. The van der Waals surface area contributed by atoms with E-state index in [1.165, 1.54) is 11.3 Å². The molecule has 0 saturated heterocycles. The zero-order valence-corrected chi connectivity index (χ0v) is 13.5. The lowest BCUT2D eigenvalue weighted by molar-refractivity contribution is -0.121. The number of hydrogen-bond acceptors (Lipinski definition) is 2. The number of carbonyl (C=O) groups is 1. The largest absolute Gasteiger partial charge is 0.496 e. The van der Waals surface area contributed by atoms with E-state index in [4.69, 9.17) is 4.74 Å². The number of ether oxygens (including phenoxy) is 1. The minimum Gasteiger partial charge on any atom is -0.496 e. The summed E-state index contributed by atoms with van der Waals surface area (Å²) in [5, 5.41) is 2.98. The van der Waals surface area contributed by atoms with Crippen LogP contribution in [0.25, 0.3) is 0 Å². The van der Waals surface area contributed by atoms with E-state index in [0.29, 0.717) is 19.4 Å². The van der Waals surface area contributed by atoms with Gasteiger partial charge >= 0.3 is 0 Å². The first-order valence-electron chi connectivity index (χ1n) is 7.64. The molecule has 0 aliphatic heterocycles. The number of aryl methyl sites for hydroxylation is 3. The third kappa shape index (κ3) is 4.38. The van der Waals surface area contributed by atoms with Gasteiger partial charge in [0.25, 0.3) is 0 Å². The first kappa shape index (κ1) is 16.1. The smallest absolute Gasteiger partial charge is 0.220 e. The predicted molar refractivity (Wildman–Crippen MR) is 88.3 cm³/mol. The molecule has 118 valence electrons. The first-order chi connectivity index (χ1) is 10.6. The van der Waals surface area contributed by atoms with E-state index in [2.05, 4.69) is 23.3 Å². The molecule has 0 unspecified atom stereocenters. The summed E-state index contributed by atoms with van der Waals surface area (Å²) in [7, 11) is 1.65. The fourth-order valence-electron chi connectivity index (χ4n) is 2.62. The standard InChI is InChI=1S/C18H24N2O2/c1-13-12-16(14(2)20-13)10-11-19-18(21)9-8-15-6-4-5-7-17(15)22-3/h4-7,12,20H,8-11H2,1-3H3,(H,19,21). The summed E-state index contributed by atoms with van der Waals surface area (Å²) in [4.78, 5) is 15.2. The summed E-state index contributed by atoms with van der Waals surface area (Å²) >= 11 is 0. The van der Waals surface area contributed by atoms with E-state index >= 15 is 0 Å². The zero-order valence-electron chi connectivity index (χ0n) is 13.5. The van der Waals surface area contributed by atoms with Crippen molar-refractivity contribution in [1.82, 2.24) is 10.3 Å². The number of rotatable bonds is 7. The van der Waals surface area contributed by atoms with E-state index in [-0.39, 0.29) is 5.91 Å². The molecule has 22 heavy (non-hydrogen) atoms. The van der Waals surface area contributed by atoms with Crippen LogP contribution >= 0.6 is 0 Å². The monoisotopic (exact) mass is 300 g/mol. The van der Waals surface area contributed by atoms with Crippen LogP contribution in [0.1, 0.15) is 28.9 Å². The Labute approximate surface area is 131 Å². The third-order valence-corrected chi connectivity index (χ3v) is 3.79. The van der Waals surface area contributed by atoms with E-state index in [1.807, 2.05) is 31.2 Å². The number of hydrogen-bond donors (Lipinski definition) is 2. The summed E-state index contributed by atoms with van der Waals surface area (Å²) in [5.74, 6) is 0.921. The summed E-state index contributed by atoms with van der Waals surface area (Å²) in [6, 6.07) is 9.95. The Morgan fingerprint density at radius 2 is 1.95 bits per heavy atom. The highest BCUT2D eigenvalue weighted by molar-refractivity contribution is 5.76. The number of carbonyl (C=O) groups excluding carboxylic acids is 1. The molecular formula is C18H24N2O2. The molecule has 0 aliphatic rings. The van der Waals surface area contributed by atoms with E-state index in [9.17, 15) is 4.79 Å². The fourth-order valence-corrected chi connectivity index (χ4v) is 2.62. The molecule has 2 aromatic rings. The summed E-state index contributed by atoms with van der Waals surface area (Å²) in [5.41, 5.74) is 4.68. The Hall–Kier alpha value is -2.23. The predicted octanol–water partition coefficient (Wildman–Crippen LogP) is 2.93. The van der Waals surface area contributed by atoms with Gasteiger partial charge in [0.1, 0.15) is 5.75 Å². The van der Waals surface area contributed by atoms with Gasteiger partial charge < -0.3 is 15.0 Å². The average molecular weight is 300 g/mol. The van der Waals surface area contributed by atoms with Crippen LogP contribution in [0.2, 0.25) is 0 Å². The van der Waals surface area contributed by atoms with Crippen LogP contribution in [-0.4, -0.2) is 24.5 Å². The quantitative estimate of drug-likeness (QED) is 0.826. The molecule has 0 radical (unpaired) electrons. The van der Waals surface area contributed by atoms with E-state index in [1.54, 1.807) is 7.11 Å². The number of H-pyrrole nitrogens is 1. The maximum absolute atomic E-state index is 11.9. The lowest BCUT2D eigenvalue weighted by Gasteiger charge is -2.08. The molecular weight excluding hydrogens is 276 g/mol. The van der Waals surface area contributed by atoms with Crippen LogP contribution in [0.3, 0.4) is 0 Å². The maximum atomic E-state index is 11.9. The van der Waals surface area contributed by atoms with Gasteiger partial charge in [0.05, 0.1) is 7.11 Å². The van der Waals surface area contributed by atoms with Gasteiger partial charge in [-0.1, -0.05) is 18.2 Å². The topological polar surface area (TPSA) is 54.1 Å². The Balaban J connectivity index is 1.75. The number of amides is 1. The number of benzene rings is 1. The third-order valence-electron chi connectivity index (χ3n) is 3.79. The van der Waals surface area contributed by atoms with Gasteiger partial charge in [-0.25, -0.2) is 0 Å². The van der Waals surface area contributed by atoms with Crippen molar-refractivity contribution in [2.45, 2.75) is 33.1 Å². The summed E-state index contributed by atoms with van der Waals surface area (Å²) < 4.78 is 5.30. The number of methoxy groups -OCH3 is 1. The van der Waals surface area contributed by atoms with E-state index in [0.717, 1.165) is 23.4 Å². The van der Waals surface area contributed by atoms with Gasteiger partial charge in [-0.3, -0.25) is 4.79 Å². The molecule has 1 amide bonds. The zero-order chi connectivity index (χ0) is 15.9. The van der Waals surface area contributed by atoms with Crippen molar-refractivity contribution in [3.05, 3.63) is 52.8 Å². The van der Waals surface area contributed by atoms with Gasteiger partial charge in [0, 0.05) is 24.4 Å². The van der Waals surface area contributed by atoms with Crippen molar-refractivity contribution < 1.29 is 9.53 Å². The van der Waals surface area contributed by atoms with Crippen molar-refractivity contribution in [3.63, 3.8) is 0 Å². The average Bonchev–Trinajstić information content (AvgIpc) is 2.83. The summed E-state index contributed by atoms with van der Waals surface area (Å²) in [6.45, 7) is 4.77. The molecule has 0 bridgehead atoms. The van der Waals surface area contributed by atoms with Gasteiger partial charge in [0.15, 0.2) is 0 Å². The molecule has 1 aromatic carbocycles. The van der Waals surface area contributed by atoms with Crippen LogP contribution in [0.4, 0.5) is 0 Å². The van der Waals surface area contributed by atoms with Crippen molar-refractivity contribution in [2.24, 2.45) is 0 Å². The first-order valence-corrected chi connectivity index (χ1v) is 7.64. The van der Waals surface area contributed by atoms with Gasteiger partial charge in [0.2, 0.25) is 5.91 Å². The van der Waals surface area contributed by atoms with Crippen LogP contribution in [0, 0.1) is 13.8 Å². The van der Waals surface area contributed by atoms with Crippen LogP contribution in [0.5, 0.6) is 5.75 Å². The Kier molecular flexibility index (Phi) is 5.64. The van der Waals surface area contributed by atoms with Gasteiger partial charge in [-0.05, 0) is 49.9 Å². The normalized spacial score (nSPS) is 10.5. The lowest BCUT2D eigenvalue weighted by atomic mass is 10.1. The molecule has 1 heterocycles. The second-order valence-corrected chi connectivity index (χ2v) is 5.51. The number of aromatic nitrogens is 1. The molecule has 2 N–H and O–H groups in total. The highest BCUT2D eigenvalue weighted by atomic mass is 16.5. The number of nitrogens with one attached hydrogen (secondary N) is 2. The molecule has 4 heteroatoms. The van der Waals surface area contributed by atoms with Crippen LogP contribution in [0.15, 0.2) is 30.3 Å². The molecule has 0 saturated carbocycles. The highest BCUT2D eigenvalue weighted by Gasteiger charge is 2.07. The molecule has 1 aromatic heterocycles. The van der Waals surface area contributed by atoms with Crippen molar-refractivity contribution >= 4 is 5.91 Å². The van der Waals surface area contributed by atoms with E-state index < -0.39 is 0 Å². The number of aromatic amines is 1. The van der Waals surface area contributed by atoms with Crippen LogP contribution in [-0.2, 0) is 17.6 Å². The van der Waals surface area contributed by atoms with Gasteiger partial charge in [-0.2, -0.15) is 0 Å². The van der Waals surface area contributed by atoms with Crippen LogP contribution < -0.4 is 10.1 Å². The molecule has 4 nitrogen and oxygen atoms in total. The molecule has 0 aliphatic carbocycles. The van der Waals surface area contributed by atoms with Crippen molar-refractivity contribution in [3.8, 4) is 5.75 Å². The molecule has 0 fully saturated rings. The second kappa shape index (κ2) is 7.69. The minimum absolute atomic E-state index is 0.0795. The Morgan fingerprint density at radius 1 is 1.18 bits per heavy atom. The lowest BCUT2D eigenvalue weighted by Crippen LogP contribution is -2.26.